The number of nitrogen functional groups attached to an aromatic ring is 1. The number of ketones is 2. The third kappa shape index (κ3) is 20.4. The van der Waals surface area contributed by atoms with E-state index in [0.29, 0.717) is 16.8 Å². The van der Waals surface area contributed by atoms with Crippen LogP contribution in [0, 0.1) is 11.8 Å². The first kappa shape index (κ1) is 59.5. The molecule has 25 heteroatoms. The maximum atomic E-state index is 14.7. The molecule has 0 unspecified atom stereocenters. The standard InChI is InChI=1S/C50H74N16O9/c1-28(67)62-37(11-6-22-60-50(56)57)46(73)64-38-16-17-43(70)58-20-5-10-36(44(53)71)63-45(72)31(24-32-27-61-35-9-3-2-8-34(32)35)26-41(68)30(7-4-21-59-49(54)55)25-42(69)40(23-29-12-14-33(52)15-13-29)66-48(75)39(18-19-51)65-47(38)74/h2-3,8-9,12-15,27,30-31,36-40,61H,4-7,10-11,16-26,51-52H2,1H3,(H2,53,71)(H,58,70)(H,62,67)(H,63,72)(H,64,73)(H,65,74)(H,66,75)(H4,54,55,59)(H4,56,57,60)/t30-,31-,36+,37+,38+,39+,40-/m1/s1. The zero-order chi connectivity index (χ0) is 55.0. The normalized spacial score (nSPS) is 21.3. The Morgan fingerprint density at radius 1 is 0.747 bits per heavy atom. The van der Waals surface area contributed by atoms with Gasteiger partial charge in [-0.2, -0.15) is 0 Å². The number of primary amides is 1. The van der Waals surface area contributed by atoms with E-state index in [1.165, 1.54) is 6.92 Å². The van der Waals surface area contributed by atoms with Crippen molar-refractivity contribution >= 4 is 81.4 Å². The molecule has 1 saturated heterocycles. The molecule has 2 heterocycles. The number of hydrogen-bond donors (Lipinski definition) is 14. The molecule has 4 rings (SSSR count). The minimum Gasteiger partial charge on any atom is -0.399 e. The van der Waals surface area contributed by atoms with Gasteiger partial charge in [0.15, 0.2) is 17.7 Å². The van der Waals surface area contributed by atoms with Crippen LogP contribution in [0.4, 0.5) is 5.69 Å². The number of H-pyrrole nitrogens is 1. The second-order valence-corrected chi connectivity index (χ2v) is 18.7. The van der Waals surface area contributed by atoms with Crippen molar-refractivity contribution in [3.05, 3.63) is 65.9 Å². The number of aromatic nitrogens is 1. The lowest BCUT2D eigenvalue weighted by atomic mass is 9.83. The number of anilines is 1. The summed E-state index contributed by atoms with van der Waals surface area (Å²) in [4.78, 5) is 136. The smallest absolute Gasteiger partial charge is 0.243 e. The van der Waals surface area contributed by atoms with Crippen molar-refractivity contribution in [2.24, 2.45) is 56.2 Å². The Kier molecular flexibility index (Phi) is 23.9. The molecule has 25 nitrogen and oxygen atoms in total. The molecule has 7 amide bonds. The number of para-hydroxylation sites is 1. The highest BCUT2D eigenvalue weighted by molar-refractivity contribution is 5.98. The van der Waals surface area contributed by atoms with Crippen LogP contribution in [0.15, 0.2) is 64.7 Å². The molecule has 1 aliphatic rings. The van der Waals surface area contributed by atoms with Crippen LogP contribution in [0.3, 0.4) is 0 Å². The number of Topliss-reactive ketones (excluding diaryl/α,β-unsaturated/α-hetero) is 2. The van der Waals surface area contributed by atoms with E-state index in [2.05, 4.69) is 46.9 Å². The maximum absolute atomic E-state index is 14.7. The predicted octanol–water partition coefficient (Wildman–Crippen LogP) is -2.24. The number of nitrogens with one attached hydrogen (secondary N) is 7. The average molecular weight is 1040 g/mol. The number of amides is 7. The summed E-state index contributed by atoms with van der Waals surface area (Å²) in [5.74, 6) is -8.57. The fraction of sp³-hybridized carbons (Fsp3) is 0.500. The number of carbonyl (C=O) groups is 9. The Morgan fingerprint density at radius 2 is 1.41 bits per heavy atom. The van der Waals surface area contributed by atoms with Gasteiger partial charge in [0.05, 0.1) is 6.04 Å². The lowest BCUT2D eigenvalue weighted by molar-refractivity contribution is -0.135. The zero-order valence-electron chi connectivity index (χ0n) is 42.4. The monoisotopic (exact) mass is 1040 g/mol. The Morgan fingerprint density at radius 3 is 2.08 bits per heavy atom. The van der Waals surface area contributed by atoms with Gasteiger partial charge in [-0.15, -0.1) is 0 Å². The van der Waals surface area contributed by atoms with Gasteiger partial charge in [-0.25, -0.2) is 0 Å². The first-order chi connectivity index (χ1) is 35.7. The van der Waals surface area contributed by atoms with Crippen molar-refractivity contribution in [2.45, 2.75) is 121 Å². The van der Waals surface area contributed by atoms with E-state index in [1.807, 2.05) is 24.3 Å². The van der Waals surface area contributed by atoms with E-state index < -0.39 is 101 Å². The Labute approximate surface area is 434 Å². The van der Waals surface area contributed by atoms with Gasteiger partial charge >= 0.3 is 0 Å². The molecule has 1 fully saturated rings. The van der Waals surface area contributed by atoms with Crippen LogP contribution in [-0.4, -0.2) is 126 Å². The molecule has 1 aliphatic heterocycles. The lowest BCUT2D eigenvalue weighted by Crippen LogP contribution is -2.58. The molecule has 2 aromatic carbocycles. The number of fused-ring (bicyclic) bond motifs is 1. The van der Waals surface area contributed by atoms with Gasteiger partial charge in [-0.05, 0) is 100 Å². The number of carbonyl (C=O) groups excluding carboxylic acids is 9. The fourth-order valence-electron chi connectivity index (χ4n) is 8.69. The summed E-state index contributed by atoms with van der Waals surface area (Å²) in [6, 6.07) is 7.44. The summed E-state index contributed by atoms with van der Waals surface area (Å²) in [7, 11) is 0. The van der Waals surface area contributed by atoms with Gasteiger partial charge in [0.25, 0.3) is 0 Å². The maximum Gasteiger partial charge on any atom is 0.243 e. The third-order valence-electron chi connectivity index (χ3n) is 12.7. The van der Waals surface area contributed by atoms with Gasteiger partial charge in [-0.1, -0.05) is 30.3 Å². The van der Waals surface area contributed by atoms with E-state index in [0.717, 1.165) is 10.9 Å². The van der Waals surface area contributed by atoms with Gasteiger partial charge in [-0.3, -0.25) is 53.1 Å². The highest BCUT2D eigenvalue weighted by Crippen LogP contribution is 2.26. The van der Waals surface area contributed by atoms with Crippen molar-refractivity contribution in [1.82, 2.24) is 36.9 Å². The minimum atomic E-state index is -1.46. The number of nitrogens with zero attached hydrogens (tertiary/aromatic N) is 2. The van der Waals surface area contributed by atoms with Crippen LogP contribution in [0.5, 0.6) is 0 Å². The number of nitrogens with two attached hydrogens (primary N) is 7. The minimum absolute atomic E-state index is 0.00516. The summed E-state index contributed by atoms with van der Waals surface area (Å²) in [6.45, 7) is 1.33. The average Bonchev–Trinajstić information content (AvgIpc) is 3.77. The SMILES string of the molecule is CC(=O)N[C@@H](CCCN=C(N)N)C(=O)N[C@H]1CCC(=O)NCCC[C@@H](C(N)=O)NC(=O)[C@H](Cc2c[nH]c3ccccc23)CC(=O)[C@H](CCCN=C(N)N)CC(=O)[C@@H](Cc2ccc(N)cc2)NC(=O)[C@H](CCN)NC1=O. The molecule has 0 radical (unpaired) electrons. The van der Waals surface area contributed by atoms with Crippen LogP contribution in [0.25, 0.3) is 10.9 Å². The topological polar surface area (TPSA) is 448 Å². The summed E-state index contributed by atoms with van der Waals surface area (Å²) < 4.78 is 0. The fourth-order valence-corrected chi connectivity index (χ4v) is 8.69. The van der Waals surface area contributed by atoms with Crippen molar-refractivity contribution in [3.63, 3.8) is 0 Å². The van der Waals surface area contributed by atoms with Gasteiger partial charge in [0, 0.05) is 80.4 Å². The highest BCUT2D eigenvalue weighted by atomic mass is 16.2. The first-order valence-corrected chi connectivity index (χ1v) is 25.0. The van der Waals surface area contributed by atoms with Crippen LogP contribution < -0.4 is 72.0 Å². The molecule has 7 atom stereocenters. The molecule has 75 heavy (non-hydrogen) atoms. The summed E-state index contributed by atoms with van der Waals surface area (Å²) >= 11 is 0. The second-order valence-electron chi connectivity index (χ2n) is 18.7. The van der Waals surface area contributed by atoms with Crippen LogP contribution in [0.2, 0.25) is 0 Å². The Bertz CT molecular complexity index is 2520. The molecule has 3 aromatic rings. The molecular formula is C50H74N16O9. The lowest BCUT2D eigenvalue weighted by Gasteiger charge is -2.27. The zero-order valence-corrected chi connectivity index (χ0v) is 42.4. The predicted molar refractivity (Wildman–Crippen MR) is 282 cm³/mol. The van der Waals surface area contributed by atoms with Crippen molar-refractivity contribution in [1.29, 1.82) is 0 Å². The van der Waals surface area contributed by atoms with Crippen molar-refractivity contribution in [3.8, 4) is 0 Å². The number of aromatic amines is 1. The highest BCUT2D eigenvalue weighted by Gasteiger charge is 2.35. The number of guanidine groups is 2. The molecule has 0 aliphatic carbocycles. The van der Waals surface area contributed by atoms with Gasteiger partial charge < -0.3 is 77.0 Å². The Hall–Kier alpha value is -8.09. The van der Waals surface area contributed by atoms with Gasteiger partial charge in [0.1, 0.15) is 30.0 Å². The number of rotatable bonds is 18. The molecule has 0 spiro atoms. The molecule has 1 aromatic heterocycles. The molecule has 21 N–H and O–H groups in total. The van der Waals surface area contributed by atoms with E-state index in [9.17, 15) is 43.2 Å². The molecule has 0 saturated carbocycles. The number of benzene rings is 2. The summed E-state index contributed by atoms with van der Waals surface area (Å²) in [5.41, 5.74) is 42.3. The first-order valence-electron chi connectivity index (χ1n) is 25.0. The van der Waals surface area contributed by atoms with E-state index in [1.54, 1.807) is 30.5 Å². The summed E-state index contributed by atoms with van der Waals surface area (Å²) in [6.07, 6.45) is 0.970. The van der Waals surface area contributed by atoms with Crippen LogP contribution in [0.1, 0.15) is 88.7 Å². The third-order valence-corrected chi connectivity index (χ3v) is 12.7. The van der Waals surface area contributed by atoms with Crippen molar-refractivity contribution in [2.75, 3.05) is 31.9 Å². The van der Waals surface area contributed by atoms with E-state index >= 15 is 0 Å². The number of aliphatic imine (C=N–C) groups is 2. The second kappa shape index (κ2) is 30.2. The van der Waals surface area contributed by atoms with E-state index in [-0.39, 0.29) is 115 Å². The number of hydrogen-bond acceptors (Lipinski definition) is 13. The largest absolute Gasteiger partial charge is 0.399 e. The van der Waals surface area contributed by atoms with Crippen LogP contribution in [-0.2, 0) is 56.0 Å². The van der Waals surface area contributed by atoms with Gasteiger partial charge in [0.2, 0.25) is 41.4 Å². The van der Waals surface area contributed by atoms with Crippen LogP contribution >= 0.6 is 0 Å². The summed E-state index contributed by atoms with van der Waals surface area (Å²) in [5, 5.41) is 16.8. The molecular weight excluding hydrogens is 969 g/mol. The molecule has 408 valence electrons. The molecule has 0 bridgehead atoms. The van der Waals surface area contributed by atoms with E-state index in [4.69, 9.17) is 40.1 Å². The Balaban J connectivity index is 1.77. The van der Waals surface area contributed by atoms with Crippen molar-refractivity contribution < 1.29 is 43.2 Å². The quantitative estimate of drug-likeness (QED) is 0.0277.